The second kappa shape index (κ2) is 8.91. The van der Waals surface area contributed by atoms with Crippen LogP contribution in [0.25, 0.3) is 5.57 Å². The van der Waals surface area contributed by atoms with E-state index < -0.39 is 0 Å². The molecule has 2 aromatic rings. The topological polar surface area (TPSA) is 46.5 Å². The van der Waals surface area contributed by atoms with Crippen LogP contribution < -0.4 is 0 Å². The summed E-state index contributed by atoms with van der Waals surface area (Å²) in [7, 11) is 0. The first-order valence-electron chi connectivity index (χ1n) is 7.86. The number of ether oxygens (including phenoxy) is 1. The van der Waals surface area contributed by atoms with Crippen molar-refractivity contribution in [2.24, 2.45) is 0 Å². The molecule has 0 heterocycles. The molecule has 1 N–H and O–H groups in total. The summed E-state index contributed by atoms with van der Waals surface area (Å²) in [5, 5.41) is 9.63. The van der Waals surface area contributed by atoms with Crippen LogP contribution in [0.3, 0.4) is 0 Å². The van der Waals surface area contributed by atoms with Crippen LogP contribution in [0, 0.1) is 0 Å². The normalized spacial score (nSPS) is 11.3. The van der Waals surface area contributed by atoms with Gasteiger partial charge in [-0.1, -0.05) is 48.5 Å². The van der Waals surface area contributed by atoms with E-state index in [0.717, 1.165) is 24.0 Å². The summed E-state index contributed by atoms with van der Waals surface area (Å²) < 4.78 is 5.01. The number of benzene rings is 2. The zero-order valence-corrected chi connectivity index (χ0v) is 13.4. The molecule has 0 atom stereocenters. The van der Waals surface area contributed by atoms with E-state index in [1.165, 1.54) is 5.56 Å². The van der Waals surface area contributed by atoms with Gasteiger partial charge in [0.2, 0.25) is 0 Å². The SMILES string of the molecule is CCOC(=O)c1cccc(C(=CCCc2ccccc2)CO)c1. The predicted octanol–water partition coefficient (Wildman–Crippen LogP) is 3.87. The van der Waals surface area contributed by atoms with Crippen LogP contribution in [0.15, 0.2) is 60.7 Å². The van der Waals surface area contributed by atoms with Gasteiger partial charge in [-0.15, -0.1) is 0 Å². The Kier molecular flexibility index (Phi) is 6.57. The van der Waals surface area contributed by atoms with E-state index in [2.05, 4.69) is 12.1 Å². The van der Waals surface area contributed by atoms with Crippen molar-refractivity contribution in [1.29, 1.82) is 0 Å². The number of esters is 1. The Morgan fingerprint density at radius 2 is 1.83 bits per heavy atom. The van der Waals surface area contributed by atoms with Crippen LogP contribution in [0.5, 0.6) is 0 Å². The number of carbonyl (C=O) groups is 1. The van der Waals surface area contributed by atoms with Crippen molar-refractivity contribution in [1.82, 2.24) is 0 Å². The lowest BCUT2D eigenvalue weighted by atomic mass is 10.0. The summed E-state index contributed by atoms with van der Waals surface area (Å²) in [5.74, 6) is -0.337. The molecule has 0 aliphatic heterocycles. The largest absolute Gasteiger partial charge is 0.462 e. The fourth-order valence-corrected chi connectivity index (χ4v) is 2.39. The molecule has 120 valence electrons. The molecule has 2 rings (SSSR count). The standard InChI is InChI=1S/C20H22O3/c1-2-23-20(22)18-12-7-11-17(14-18)19(15-21)13-6-10-16-8-4-3-5-9-16/h3-5,7-9,11-14,21H,2,6,10,15H2,1H3. The molecule has 2 aromatic carbocycles. The molecule has 0 saturated heterocycles. The Bertz CT molecular complexity index is 660. The van der Waals surface area contributed by atoms with Crippen molar-refractivity contribution in [3.05, 3.63) is 77.4 Å². The van der Waals surface area contributed by atoms with Crippen LogP contribution in [0.1, 0.15) is 34.8 Å². The van der Waals surface area contributed by atoms with Gasteiger partial charge in [-0.25, -0.2) is 4.79 Å². The van der Waals surface area contributed by atoms with Gasteiger partial charge in [-0.2, -0.15) is 0 Å². The quantitative estimate of drug-likeness (QED) is 0.790. The van der Waals surface area contributed by atoms with Gasteiger partial charge in [0, 0.05) is 0 Å². The number of allylic oxidation sites excluding steroid dienone is 1. The molecule has 0 unspecified atom stereocenters. The Hall–Kier alpha value is -2.39. The van der Waals surface area contributed by atoms with Crippen molar-refractivity contribution < 1.29 is 14.6 Å². The lowest BCUT2D eigenvalue weighted by molar-refractivity contribution is 0.0526. The maximum absolute atomic E-state index is 11.8. The van der Waals surface area contributed by atoms with E-state index in [4.69, 9.17) is 4.74 Å². The minimum Gasteiger partial charge on any atom is -0.462 e. The molecule has 3 nitrogen and oxygen atoms in total. The third kappa shape index (κ3) is 5.08. The summed E-state index contributed by atoms with van der Waals surface area (Å²) in [6.07, 6.45) is 3.78. The van der Waals surface area contributed by atoms with Crippen molar-refractivity contribution >= 4 is 11.5 Å². The first-order valence-corrected chi connectivity index (χ1v) is 7.86. The Balaban J connectivity index is 2.09. The lowest BCUT2D eigenvalue weighted by Gasteiger charge is -2.08. The summed E-state index contributed by atoms with van der Waals surface area (Å²) in [5.41, 5.74) is 3.45. The van der Waals surface area contributed by atoms with Crippen LogP contribution >= 0.6 is 0 Å². The molecule has 0 saturated carbocycles. The third-order valence-corrected chi connectivity index (χ3v) is 3.58. The Morgan fingerprint density at radius 1 is 1.09 bits per heavy atom. The fourth-order valence-electron chi connectivity index (χ4n) is 2.39. The van der Waals surface area contributed by atoms with Gasteiger partial charge in [0.1, 0.15) is 0 Å². The van der Waals surface area contributed by atoms with Gasteiger partial charge in [0.05, 0.1) is 18.8 Å². The van der Waals surface area contributed by atoms with Gasteiger partial charge in [-0.05, 0) is 48.6 Å². The molecule has 0 radical (unpaired) electrons. The van der Waals surface area contributed by atoms with E-state index in [9.17, 15) is 9.90 Å². The molecule has 3 heteroatoms. The summed E-state index contributed by atoms with van der Waals surface area (Å²) in [6.45, 7) is 2.08. The smallest absolute Gasteiger partial charge is 0.338 e. The minimum atomic E-state index is -0.337. The van der Waals surface area contributed by atoms with E-state index >= 15 is 0 Å². The Morgan fingerprint density at radius 3 is 2.52 bits per heavy atom. The van der Waals surface area contributed by atoms with Gasteiger partial charge in [0.25, 0.3) is 0 Å². The van der Waals surface area contributed by atoms with Gasteiger partial charge < -0.3 is 9.84 Å². The number of aliphatic hydroxyl groups is 1. The number of aliphatic hydroxyl groups excluding tert-OH is 1. The predicted molar refractivity (Wildman–Crippen MR) is 92.2 cm³/mol. The van der Waals surface area contributed by atoms with Gasteiger partial charge in [-0.3, -0.25) is 0 Å². The first-order chi connectivity index (χ1) is 11.2. The molecular weight excluding hydrogens is 288 g/mol. The molecule has 0 aliphatic carbocycles. The Labute approximate surface area is 137 Å². The molecule has 0 fully saturated rings. The van der Waals surface area contributed by atoms with E-state index in [1.807, 2.05) is 36.4 Å². The maximum Gasteiger partial charge on any atom is 0.338 e. The molecular formula is C20H22O3. The maximum atomic E-state index is 11.8. The number of hydrogen-bond donors (Lipinski definition) is 1. The van der Waals surface area contributed by atoms with Gasteiger partial charge >= 0.3 is 5.97 Å². The van der Waals surface area contributed by atoms with E-state index in [1.54, 1.807) is 19.1 Å². The van der Waals surface area contributed by atoms with Crippen LogP contribution in [0.4, 0.5) is 0 Å². The zero-order chi connectivity index (χ0) is 16.5. The number of rotatable bonds is 7. The molecule has 0 aromatic heterocycles. The third-order valence-electron chi connectivity index (χ3n) is 3.58. The molecule has 23 heavy (non-hydrogen) atoms. The second-order valence-corrected chi connectivity index (χ2v) is 5.21. The monoisotopic (exact) mass is 310 g/mol. The average molecular weight is 310 g/mol. The highest BCUT2D eigenvalue weighted by atomic mass is 16.5. The highest BCUT2D eigenvalue weighted by molar-refractivity contribution is 5.90. The van der Waals surface area contributed by atoms with E-state index in [0.29, 0.717) is 12.2 Å². The highest BCUT2D eigenvalue weighted by Gasteiger charge is 2.08. The van der Waals surface area contributed by atoms with Crippen LogP contribution in [-0.4, -0.2) is 24.3 Å². The van der Waals surface area contributed by atoms with Crippen molar-refractivity contribution in [2.45, 2.75) is 19.8 Å². The number of hydrogen-bond acceptors (Lipinski definition) is 3. The summed E-state index contributed by atoms with van der Waals surface area (Å²) in [6, 6.07) is 17.4. The van der Waals surface area contributed by atoms with E-state index in [-0.39, 0.29) is 12.6 Å². The van der Waals surface area contributed by atoms with Gasteiger partial charge in [0.15, 0.2) is 0 Å². The van der Waals surface area contributed by atoms with Crippen molar-refractivity contribution in [3.8, 4) is 0 Å². The molecule has 0 spiro atoms. The molecule has 0 aliphatic rings. The molecule has 0 amide bonds. The van der Waals surface area contributed by atoms with Crippen molar-refractivity contribution in [3.63, 3.8) is 0 Å². The fraction of sp³-hybridized carbons (Fsp3) is 0.250. The average Bonchev–Trinajstić information content (AvgIpc) is 2.60. The number of carbonyl (C=O) groups excluding carboxylic acids is 1. The zero-order valence-electron chi connectivity index (χ0n) is 13.4. The second-order valence-electron chi connectivity index (χ2n) is 5.21. The summed E-state index contributed by atoms with van der Waals surface area (Å²) in [4.78, 5) is 11.8. The molecule has 0 bridgehead atoms. The lowest BCUT2D eigenvalue weighted by Crippen LogP contribution is -2.05. The summed E-state index contributed by atoms with van der Waals surface area (Å²) >= 11 is 0. The highest BCUT2D eigenvalue weighted by Crippen LogP contribution is 2.18. The number of aryl methyl sites for hydroxylation is 1. The first kappa shape index (κ1) is 17.0. The van der Waals surface area contributed by atoms with Crippen molar-refractivity contribution in [2.75, 3.05) is 13.2 Å². The minimum absolute atomic E-state index is 0.0545. The van der Waals surface area contributed by atoms with Crippen LogP contribution in [0.2, 0.25) is 0 Å². The van der Waals surface area contributed by atoms with Crippen LogP contribution in [-0.2, 0) is 11.2 Å².